The molecule has 0 spiro atoms. The summed E-state index contributed by atoms with van der Waals surface area (Å²) in [6, 6.07) is 1.20. The maximum absolute atomic E-state index is 13.6. The summed E-state index contributed by atoms with van der Waals surface area (Å²) in [5.41, 5.74) is -2.16. The van der Waals surface area contributed by atoms with Crippen LogP contribution >= 0.6 is 0 Å². The lowest BCUT2D eigenvalue weighted by Crippen LogP contribution is -2.32. The van der Waals surface area contributed by atoms with Gasteiger partial charge in [-0.3, -0.25) is 19.7 Å². The molecule has 1 amide bonds. The lowest BCUT2D eigenvalue weighted by atomic mass is 10.1. The van der Waals surface area contributed by atoms with E-state index in [2.05, 4.69) is 4.74 Å². The number of ether oxygens (including phenoxy) is 1. The van der Waals surface area contributed by atoms with Crippen molar-refractivity contribution in [3.05, 3.63) is 39.4 Å². The highest BCUT2D eigenvalue weighted by atomic mass is 19.1. The van der Waals surface area contributed by atoms with Crippen molar-refractivity contribution in [3.8, 4) is 0 Å². The molecule has 0 aliphatic carbocycles. The second-order valence-electron chi connectivity index (χ2n) is 3.50. The van der Waals surface area contributed by atoms with Gasteiger partial charge in [-0.1, -0.05) is 0 Å². The number of rotatable bonds is 5. The molecule has 9 heteroatoms. The van der Waals surface area contributed by atoms with Gasteiger partial charge in [0.05, 0.1) is 11.5 Å². The second-order valence-corrected chi connectivity index (χ2v) is 3.50. The number of carbonyl (C=O) groups is 2. The van der Waals surface area contributed by atoms with Gasteiger partial charge in [0.1, 0.15) is 17.9 Å². The molecule has 20 heavy (non-hydrogen) atoms. The monoisotopic (exact) mass is 288 g/mol. The van der Waals surface area contributed by atoms with Crippen LogP contribution in [0.4, 0.5) is 14.5 Å². The van der Waals surface area contributed by atoms with Crippen molar-refractivity contribution in [1.29, 1.82) is 0 Å². The largest absolute Gasteiger partial charge is 0.465 e. The average molecular weight is 288 g/mol. The van der Waals surface area contributed by atoms with Crippen LogP contribution < -0.4 is 5.32 Å². The SMILES string of the molecule is CCOC(=O)CNC(=O)c1c(F)ccc([N+](=O)[O-])c1F. The summed E-state index contributed by atoms with van der Waals surface area (Å²) in [5.74, 6) is -4.95. The predicted octanol–water partition coefficient (Wildman–Crippen LogP) is 1.17. The van der Waals surface area contributed by atoms with E-state index in [0.29, 0.717) is 12.1 Å². The molecule has 0 aliphatic heterocycles. The Bertz CT molecular complexity index is 562. The number of nitrogens with zero attached hydrogens (tertiary/aromatic N) is 1. The van der Waals surface area contributed by atoms with E-state index in [-0.39, 0.29) is 6.61 Å². The van der Waals surface area contributed by atoms with Gasteiger partial charge in [-0.2, -0.15) is 4.39 Å². The molecule has 1 aromatic rings. The van der Waals surface area contributed by atoms with Crippen molar-refractivity contribution in [1.82, 2.24) is 5.32 Å². The first-order chi connectivity index (χ1) is 9.38. The van der Waals surface area contributed by atoms with E-state index < -0.39 is 46.2 Å². The molecule has 1 rings (SSSR count). The minimum absolute atomic E-state index is 0.0776. The lowest BCUT2D eigenvalue weighted by molar-refractivity contribution is -0.387. The third-order valence-corrected chi connectivity index (χ3v) is 2.19. The highest BCUT2D eigenvalue weighted by molar-refractivity contribution is 5.97. The van der Waals surface area contributed by atoms with Gasteiger partial charge < -0.3 is 10.1 Å². The van der Waals surface area contributed by atoms with Gasteiger partial charge >= 0.3 is 11.7 Å². The molecule has 108 valence electrons. The van der Waals surface area contributed by atoms with Crippen molar-refractivity contribution in [3.63, 3.8) is 0 Å². The normalized spacial score (nSPS) is 9.95. The Labute approximate surface area is 111 Å². The van der Waals surface area contributed by atoms with E-state index in [1.807, 2.05) is 5.32 Å². The van der Waals surface area contributed by atoms with Crippen LogP contribution in [0, 0.1) is 21.7 Å². The molecular formula is C11H10F2N2O5. The number of nitro groups is 1. The zero-order valence-electron chi connectivity index (χ0n) is 10.3. The molecule has 0 aliphatic rings. The van der Waals surface area contributed by atoms with E-state index in [4.69, 9.17) is 0 Å². The summed E-state index contributed by atoms with van der Waals surface area (Å²) in [4.78, 5) is 31.9. The van der Waals surface area contributed by atoms with Crippen LogP contribution in [-0.2, 0) is 9.53 Å². The maximum atomic E-state index is 13.6. The summed E-state index contributed by atoms with van der Waals surface area (Å²) in [6.07, 6.45) is 0. The van der Waals surface area contributed by atoms with Crippen LogP contribution in [0.3, 0.4) is 0 Å². The smallest absolute Gasteiger partial charge is 0.325 e. The second kappa shape index (κ2) is 6.55. The zero-order chi connectivity index (χ0) is 15.3. The van der Waals surface area contributed by atoms with Crippen LogP contribution in [0.5, 0.6) is 0 Å². The summed E-state index contributed by atoms with van der Waals surface area (Å²) < 4.78 is 31.5. The number of hydrogen-bond acceptors (Lipinski definition) is 5. The number of benzene rings is 1. The van der Waals surface area contributed by atoms with Crippen molar-refractivity contribution < 1.29 is 28.0 Å². The molecule has 0 aromatic heterocycles. The fourth-order valence-corrected chi connectivity index (χ4v) is 1.34. The van der Waals surface area contributed by atoms with Gasteiger partial charge in [-0.05, 0) is 13.0 Å². The Kier molecular flexibility index (Phi) is 5.07. The molecule has 0 heterocycles. The Hall–Kier alpha value is -2.58. The Morgan fingerprint density at radius 1 is 1.40 bits per heavy atom. The highest BCUT2D eigenvalue weighted by Crippen LogP contribution is 2.22. The molecule has 1 N–H and O–H groups in total. The van der Waals surface area contributed by atoms with Gasteiger partial charge in [0.2, 0.25) is 5.82 Å². The van der Waals surface area contributed by atoms with Gasteiger partial charge in [0.15, 0.2) is 0 Å². The number of nitro benzene ring substituents is 1. The summed E-state index contributed by atoms with van der Waals surface area (Å²) in [5, 5.41) is 12.4. The molecule has 0 unspecified atom stereocenters. The van der Waals surface area contributed by atoms with Crippen LogP contribution in [0.15, 0.2) is 12.1 Å². The first-order valence-corrected chi connectivity index (χ1v) is 5.44. The van der Waals surface area contributed by atoms with E-state index >= 15 is 0 Å². The Morgan fingerprint density at radius 2 is 2.05 bits per heavy atom. The van der Waals surface area contributed by atoms with Crippen molar-refractivity contribution in [2.45, 2.75) is 6.92 Å². The lowest BCUT2D eigenvalue weighted by Gasteiger charge is -2.07. The predicted molar refractivity (Wildman–Crippen MR) is 62.0 cm³/mol. The summed E-state index contributed by atoms with van der Waals surface area (Å²) in [6.45, 7) is 1.02. The first-order valence-electron chi connectivity index (χ1n) is 5.44. The number of esters is 1. The van der Waals surface area contributed by atoms with Crippen molar-refractivity contribution in [2.75, 3.05) is 13.2 Å². The number of amides is 1. The Balaban J connectivity index is 2.95. The van der Waals surface area contributed by atoms with E-state index in [9.17, 15) is 28.5 Å². The quantitative estimate of drug-likeness (QED) is 0.498. The van der Waals surface area contributed by atoms with Crippen LogP contribution in [-0.4, -0.2) is 30.0 Å². The number of hydrogen-bond donors (Lipinski definition) is 1. The number of nitrogens with one attached hydrogen (secondary N) is 1. The van der Waals surface area contributed by atoms with Crippen molar-refractivity contribution in [2.24, 2.45) is 0 Å². The molecule has 0 saturated heterocycles. The molecule has 1 aromatic carbocycles. The average Bonchev–Trinajstić information content (AvgIpc) is 2.36. The topological polar surface area (TPSA) is 98.5 Å². The minimum Gasteiger partial charge on any atom is -0.465 e. The molecule has 7 nitrogen and oxygen atoms in total. The number of carbonyl (C=O) groups excluding carboxylic acids is 2. The minimum atomic E-state index is -1.60. The fourth-order valence-electron chi connectivity index (χ4n) is 1.34. The molecular weight excluding hydrogens is 278 g/mol. The maximum Gasteiger partial charge on any atom is 0.325 e. The summed E-state index contributed by atoms with van der Waals surface area (Å²) in [7, 11) is 0. The standard InChI is InChI=1S/C11H10F2N2O5/c1-2-20-8(16)5-14-11(17)9-6(12)3-4-7(10(9)13)15(18)19/h3-4H,2,5H2,1H3,(H,14,17). The zero-order valence-corrected chi connectivity index (χ0v) is 10.3. The van der Waals surface area contributed by atoms with E-state index in [1.54, 1.807) is 6.92 Å². The van der Waals surface area contributed by atoms with Gasteiger partial charge in [-0.25, -0.2) is 4.39 Å². The molecule has 0 radical (unpaired) electrons. The third-order valence-electron chi connectivity index (χ3n) is 2.19. The summed E-state index contributed by atoms with van der Waals surface area (Å²) >= 11 is 0. The molecule has 0 atom stereocenters. The van der Waals surface area contributed by atoms with Crippen LogP contribution in [0.25, 0.3) is 0 Å². The molecule has 0 bridgehead atoms. The molecule has 0 fully saturated rings. The Morgan fingerprint density at radius 3 is 2.60 bits per heavy atom. The van der Waals surface area contributed by atoms with E-state index in [0.717, 1.165) is 0 Å². The van der Waals surface area contributed by atoms with Gasteiger partial charge in [-0.15, -0.1) is 0 Å². The fraction of sp³-hybridized carbons (Fsp3) is 0.273. The van der Waals surface area contributed by atoms with Gasteiger partial charge in [0, 0.05) is 6.07 Å². The van der Waals surface area contributed by atoms with E-state index in [1.165, 1.54) is 0 Å². The highest BCUT2D eigenvalue weighted by Gasteiger charge is 2.26. The third kappa shape index (κ3) is 3.46. The van der Waals surface area contributed by atoms with Gasteiger partial charge in [0.25, 0.3) is 5.91 Å². The molecule has 0 saturated carbocycles. The van der Waals surface area contributed by atoms with Crippen LogP contribution in [0.1, 0.15) is 17.3 Å². The van der Waals surface area contributed by atoms with Crippen molar-refractivity contribution >= 4 is 17.6 Å². The number of halogens is 2. The van der Waals surface area contributed by atoms with Crippen LogP contribution in [0.2, 0.25) is 0 Å². The first kappa shape index (κ1) is 15.5.